The minimum atomic E-state index is -0.388. The van der Waals surface area contributed by atoms with Crippen molar-refractivity contribution in [3.63, 3.8) is 0 Å². The number of nitrogens with one attached hydrogen (secondary N) is 1. The van der Waals surface area contributed by atoms with Crippen LogP contribution in [0.2, 0.25) is 0 Å². The fourth-order valence-corrected chi connectivity index (χ4v) is 2.22. The monoisotopic (exact) mass is 328 g/mol. The Balaban J connectivity index is 1.93. The van der Waals surface area contributed by atoms with E-state index in [0.29, 0.717) is 26.0 Å². The summed E-state index contributed by atoms with van der Waals surface area (Å²) in [6.07, 6.45) is 2.90. The summed E-state index contributed by atoms with van der Waals surface area (Å²) >= 11 is 0. The van der Waals surface area contributed by atoms with Crippen molar-refractivity contribution in [2.24, 2.45) is 5.41 Å². The van der Waals surface area contributed by atoms with Crippen molar-refractivity contribution in [2.75, 3.05) is 46.0 Å². The highest BCUT2D eigenvalue weighted by Crippen LogP contribution is 2.12. The number of hydrogen-bond acceptors (Lipinski definition) is 5. The van der Waals surface area contributed by atoms with Gasteiger partial charge in [-0.3, -0.25) is 14.5 Å². The molecule has 1 amide bonds. The minimum absolute atomic E-state index is 0.00831. The van der Waals surface area contributed by atoms with Crippen LogP contribution in [0.1, 0.15) is 46.5 Å². The quantitative estimate of drug-likeness (QED) is 0.514. The van der Waals surface area contributed by atoms with Crippen LogP contribution in [0.15, 0.2) is 0 Å². The number of morpholine rings is 1. The standard InChI is InChI=1S/C17H32N2O4/c1-17(2,3)16(21)18-8-6-7-15(20)23-12-5-4-9-19-10-13-22-14-11-19/h4-14H2,1-3H3,(H,18,21). The van der Waals surface area contributed by atoms with Crippen molar-refractivity contribution in [1.82, 2.24) is 10.2 Å². The molecule has 0 aromatic heterocycles. The lowest BCUT2D eigenvalue weighted by atomic mass is 9.96. The average Bonchev–Trinajstić information content (AvgIpc) is 2.51. The van der Waals surface area contributed by atoms with Crippen molar-refractivity contribution in [3.8, 4) is 0 Å². The van der Waals surface area contributed by atoms with Gasteiger partial charge in [-0.25, -0.2) is 0 Å². The molecule has 0 unspecified atom stereocenters. The lowest BCUT2D eigenvalue weighted by Gasteiger charge is -2.26. The van der Waals surface area contributed by atoms with E-state index < -0.39 is 0 Å². The molecule has 1 fully saturated rings. The fraction of sp³-hybridized carbons (Fsp3) is 0.882. The largest absolute Gasteiger partial charge is 0.466 e. The number of nitrogens with zero attached hydrogens (tertiary/aromatic N) is 1. The van der Waals surface area contributed by atoms with Gasteiger partial charge in [0.25, 0.3) is 0 Å². The van der Waals surface area contributed by atoms with Crippen LogP contribution in [-0.2, 0) is 19.1 Å². The molecule has 6 heteroatoms. The molecule has 0 radical (unpaired) electrons. The van der Waals surface area contributed by atoms with Crippen LogP contribution in [0.25, 0.3) is 0 Å². The molecule has 1 N–H and O–H groups in total. The second-order valence-electron chi connectivity index (χ2n) is 6.99. The van der Waals surface area contributed by atoms with Crippen molar-refractivity contribution >= 4 is 11.9 Å². The van der Waals surface area contributed by atoms with Gasteiger partial charge in [0.1, 0.15) is 0 Å². The van der Waals surface area contributed by atoms with Crippen molar-refractivity contribution in [1.29, 1.82) is 0 Å². The van der Waals surface area contributed by atoms with Crippen LogP contribution in [-0.4, -0.2) is 62.8 Å². The van der Waals surface area contributed by atoms with Gasteiger partial charge in [0.05, 0.1) is 19.8 Å². The highest BCUT2D eigenvalue weighted by molar-refractivity contribution is 5.81. The van der Waals surface area contributed by atoms with Crippen LogP contribution in [0.3, 0.4) is 0 Å². The number of carbonyl (C=O) groups excluding carboxylic acids is 2. The molecule has 0 aliphatic carbocycles. The summed E-state index contributed by atoms with van der Waals surface area (Å²) < 4.78 is 10.5. The maximum Gasteiger partial charge on any atom is 0.305 e. The molecule has 134 valence electrons. The third kappa shape index (κ3) is 9.56. The zero-order chi connectivity index (χ0) is 17.1. The number of carbonyl (C=O) groups is 2. The molecule has 0 aromatic carbocycles. The molecule has 0 saturated carbocycles. The molecule has 6 nitrogen and oxygen atoms in total. The number of amides is 1. The first-order valence-electron chi connectivity index (χ1n) is 8.63. The molecule has 0 aromatic rings. The Morgan fingerprint density at radius 1 is 1.13 bits per heavy atom. The molecule has 1 heterocycles. The Morgan fingerprint density at radius 3 is 2.48 bits per heavy atom. The van der Waals surface area contributed by atoms with Gasteiger partial charge in [-0.15, -0.1) is 0 Å². The van der Waals surface area contributed by atoms with Gasteiger partial charge in [-0.05, 0) is 25.8 Å². The molecule has 0 atom stereocenters. The second-order valence-corrected chi connectivity index (χ2v) is 6.99. The maximum atomic E-state index is 11.6. The number of hydrogen-bond donors (Lipinski definition) is 1. The average molecular weight is 328 g/mol. The van der Waals surface area contributed by atoms with E-state index in [1.165, 1.54) is 0 Å². The predicted octanol–water partition coefficient (Wildman–Crippen LogP) is 1.58. The molecule has 1 rings (SSSR count). The molecule has 1 aliphatic rings. The molecule has 23 heavy (non-hydrogen) atoms. The van der Waals surface area contributed by atoms with Crippen molar-refractivity contribution < 1.29 is 19.1 Å². The fourth-order valence-electron chi connectivity index (χ4n) is 2.22. The normalized spacial score (nSPS) is 16.1. The third-order valence-corrected chi connectivity index (χ3v) is 3.76. The van der Waals surface area contributed by atoms with Crippen LogP contribution >= 0.6 is 0 Å². The Labute approximate surface area is 139 Å². The van der Waals surface area contributed by atoms with E-state index >= 15 is 0 Å². The molecule has 1 saturated heterocycles. The van der Waals surface area contributed by atoms with Gasteiger partial charge >= 0.3 is 5.97 Å². The molecular weight excluding hydrogens is 296 g/mol. The number of esters is 1. The number of unbranched alkanes of at least 4 members (excludes halogenated alkanes) is 1. The molecule has 0 bridgehead atoms. The Morgan fingerprint density at radius 2 is 1.83 bits per heavy atom. The molecular formula is C17H32N2O4. The smallest absolute Gasteiger partial charge is 0.305 e. The van der Waals surface area contributed by atoms with Crippen LogP contribution in [0.5, 0.6) is 0 Å². The highest BCUT2D eigenvalue weighted by Gasteiger charge is 2.20. The zero-order valence-electron chi connectivity index (χ0n) is 14.9. The zero-order valence-corrected chi connectivity index (χ0v) is 14.9. The first-order chi connectivity index (χ1) is 10.9. The van der Waals surface area contributed by atoms with Crippen LogP contribution < -0.4 is 5.32 Å². The lowest BCUT2D eigenvalue weighted by Crippen LogP contribution is -2.36. The maximum absolute atomic E-state index is 11.6. The Hall–Kier alpha value is -1.14. The van der Waals surface area contributed by atoms with Crippen LogP contribution in [0, 0.1) is 5.41 Å². The first kappa shape index (κ1) is 19.9. The molecule has 0 spiro atoms. The lowest BCUT2D eigenvalue weighted by molar-refractivity contribution is -0.144. The third-order valence-electron chi connectivity index (χ3n) is 3.76. The highest BCUT2D eigenvalue weighted by atomic mass is 16.5. The summed E-state index contributed by atoms with van der Waals surface area (Å²) in [5.74, 6) is -0.171. The van der Waals surface area contributed by atoms with Gasteiger partial charge < -0.3 is 14.8 Å². The minimum Gasteiger partial charge on any atom is -0.466 e. The van der Waals surface area contributed by atoms with E-state index in [4.69, 9.17) is 9.47 Å². The van der Waals surface area contributed by atoms with Gasteiger partial charge in [-0.1, -0.05) is 20.8 Å². The second kappa shape index (κ2) is 10.6. The van der Waals surface area contributed by atoms with Crippen molar-refractivity contribution in [3.05, 3.63) is 0 Å². The van der Waals surface area contributed by atoms with E-state index in [1.807, 2.05) is 20.8 Å². The number of rotatable bonds is 9. The van der Waals surface area contributed by atoms with E-state index in [0.717, 1.165) is 45.7 Å². The summed E-state index contributed by atoms with van der Waals surface area (Å²) in [6, 6.07) is 0. The topological polar surface area (TPSA) is 67.9 Å². The molecule has 1 aliphatic heterocycles. The van der Waals surface area contributed by atoms with Gasteiger partial charge in [0.15, 0.2) is 0 Å². The van der Waals surface area contributed by atoms with E-state index in [-0.39, 0.29) is 17.3 Å². The number of ether oxygens (including phenoxy) is 2. The predicted molar refractivity (Wildman–Crippen MR) is 89.2 cm³/mol. The van der Waals surface area contributed by atoms with E-state index in [1.54, 1.807) is 0 Å². The van der Waals surface area contributed by atoms with Crippen molar-refractivity contribution in [2.45, 2.75) is 46.5 Å². The van der Waals surface area contributed by atoms with Gasteiger partial charge in [-0.2, -0.15) is 0 Å². The first-order valence-corrected chi connectivity index (χ1v) is 8.63. The summed E-state index contributed by atoms with van der Waals surface area (Å²) in [4.78, 5) is 25.6. The van der Waals surface area contributed by atoms with Crippen LogP contribution in [0.4, 0.5) is 0 Å². The summed E-state index contributed by atoms with van der Waals surface area (Å²) in [7, 11) is 0. The van der Waals surface area contributed by atoms with E-state index in [9.17, 15) is 9.59 Å². The van der Waals surface area contributed by atoms with Gasteiger partial charge in [0.2, 0.25) is 5.91 Å². The van der Waals surface area contributed by atoms with E-state index in [2.05, 4.69) is 10.2 Å². The Kier molecular flexibility index (Phi) is 9.17. The van der Waals surface area contributed by atoms with Gasteiger partial charge in [0, 0.05) is 31.5 Å². The summed E-state index contributed by atoms with van der Waals surface area (Å²) in [5.41, 5.74) is -0.388. The SMILES string of the molecule is CC(C)(C)C(=O)NCCCC(=O)OCCCCN1CCOCC1. The summed E-state index contributed by atoms with van der Waals surface area (Å²) in [5, 5.41) is 2.83. The Bertz CT molecular complexity index is 360. The summed E-state index contributed by atoms with van der Waals surface area (Å²) in [6.45, 7) is 11.3.